The van der Waals surface area contributed by atoms with Crippen molar-refractivity contribution in [2.45, 2.75) is 23.5 Å². The van der Waals surface area contributed by atoms with Crippen molar-refractivity contribution in [1.29, 1.82) is 0 Å². The fourth-order valence-electron chi connectivity index (χ4n) is 3.69. The number of ether oxygens (including phenoxy) is 1. The second-order valence-corrected chi connectivity index (χ2v) is 8.96. The molecule has 0 radical (unpaired) electrons. The molecule has 1 aliphatic heterocycles. The van der Waals surface area contributed by atoms with E-state index >= 15 is 0 Å². The molecule has 1 N–H and O–H groups in total. The van der Waals surface area contributed by atoms with E-state index in [0.29, 0.717) is 11.3 Å². The highest BCUT2D eigenvalue weighted by molar-refractivity contribution is 7.99. The van der Waals surface area contributed by atoms with Gasteiger partial charge in [0.15, 0.2) is 5.78 Å². The molecule has 2 amide bonds. The predicted molar refractivity (Wildman–Crippen MR) is 130 cm³/mol. The quantitative estimate of drug-likeness (QED) is 0.518. The Morgan fingerprint density at radius 1 is 1.03 bits per heavy atom. The number of hydrogen-bond donors (Lipinski definition) is 1. The lowest BCUT2D eigenvalue weighted by molar-refractivity contribution is -0.121. The molecular weight excluding hydrogens is 436 g/mol. The Hall–Kier alpha value is -3.58. The molecule has 0 saturated carbocycles. The van der Waals surface area contributed by atoms with Crippen molar-refractivity contribution in [1.82, 2.24) is 0 Å². The molecule has 7 heteroatoms. The minimum Gasteiger partial charge on any atom is -0.497 e. The van der Waals surface area contributed by atoms with Crippen molar-refractivity contribution >= 4 is 40.7 Å². The molecule has 4 rings (SSSR count). The third-order valence-corrected chi connectivity index (χ3v) is 6.77. The van der Waals surface area contributed by atoms with Gasteiger partial charge in [-0.2, -0.15) is 0 Å². The van der Waals surface area contributed by atoms with E-state index in [1.165, 1.54) is 6.92 Å². The Morgan fingerprint density at radius 3 is 2.39 bits per heavy atom. The molecule has 33 heavy (non-hydrogen) atoms. The molecule has 0 saturated heterocycles. The Bertz CT molecular complexity index is 1180. The van der Waals surface area contributed by atoms with E-state index in [4.69, 9.17) is 4.74 Å². The zero-order valence-corrected chi connectivity index (χ0v) is 19.2. The average Bonchev–Trinajstić information content (AvgIpc) is 2.96. The molecule has 0 bridgehead atoms. The first-order valence-electron chi connectivity index (χ1n) is 10.6. The minimum atomic E-state index is -0.304. The van der Waals surface area contributed by atoms with Gasteiger partial charge in [0.1, 0.15) is 12.3 Å². The van der Waals surface area contributed by atoms with Gasteiger partial charge in [-0.15, -0.1) is 11.8 Å². The maximum absolute atomic E-state index is 13.3. The number of carbonyl (C=O) groups is 3. The first-order chi connectivity index (χ1) is 15.9. The van der Waals surface area contributed by atoms with Gasteiger partial charge < -0.3 is 15.0 Å². The number of carbonyl (C=O) groups excluding carboxylic acids is 3. The van der Waals surface area contributed by atoms with E-state index in [-0.39, 0.29) is 35.8 Å². The van der Waals surface area contributed by atoms with E-state index in [9.17, 15) is 14.4 Å². The second kappa shape index (κ2) is 9.92. The van der Waals surface area contributed by atoms with Crippen LogP contribution in [0.3, 0.4) is 0 Å². The van der Waals surface area contributed by atoms with Gasteiger partial charge in [0, 0.05) is 27.8 Å². The lowest BCUT2D eigenvalue weighted by Gasteiger charge is -2.22. The SMILES string of the molecule is COc1ccc([C@H]2CC(=O)N(CC(=O)Nc3ccc(C(C)=O)cc3)c3ccccc3S2)cc1. The third-order valence-electron chi connectivity index (χ3n) is 5.45. The molecule has 1 atom stereocenters. The molecule has 0 aromatic heterocycles. The summed E-state index contributed by atoms with van der Waals surface area (Å²) in [5.41, 5.74) is 2.91. The zero-order chi connectivity index (χ0) is 23.4. The van der Waals surface area contributed by atoms with Crippen LogP contribution in [0.2, 0.25) is 0 Å². The van der Waals surface area contributed by atoms with Crippen molar-refractivity contribution in [3.8, 4) is 5.75 Å². The molecule has 1 heterocycles. The summed E-state index contributed by atoms with van der Waals surface area (Å²) in [4.78, 5) is 40.0. The van der Waals surface area contributed by atoms with E-state index < -0.39 is 0 Å². The van der Waals surface area contributed by atoms with Crippen LogP contribution in [0.1, 0.15) is 34.5 Å². The Balaban J connectivity index is 1.53. The van der Waals surface area contributed by atoms with Crippen LogP contribution in [0.4, 0.5) is 11.4 Å². The van der Waals surface area contributed by atoms with Gasteiger partial charge in [0.25, 0.3) is 0 Å². The highest BCUT2D eigenvalue weighted by atomic mass is 32.2. The largest absolute Gasteiger partial charge is 0.497 e. The van der Waals surface area contributed by atoms with Crippen molar-refractivity contribution in [2.75, 3.05) is 23.9 Å². The Morgan fingerprint density at radius 2 is 1.73 bits per heavy atom. The topological polar surface area (TPSA) is 75.7 Å². The number of hydrogen-bond acceptors (Lipinski definition) is 5. The molecule has 0 fully saturated rings. The molecule has 168 valence electrons. The summed E-state index contributed by atoms with van der Waals surface area (Å²) >= 11 is 1.62. The zero-order valence-electron chi connectivity index (χ0n) is 18.4. The number of Topliss-reactive ketones (excluding diaryl/α,β-unsaturated/α-hetero) is 1. The lowest BCUT2D eigenvalue weighted by atomic mass is 10.1. The lowest BCUT2D eigenvalue weighted by Crippen LogP contribution is -2.38. The number of para-hydroxylation sites is 1. The minimum absolute atomic E-state index is 0.0384. The fourth-order valence-corrected chi connectivity index (χ4v) is 4.97. The summed E-state index contributed by atoms with van der Waals surface area (Å²) < 4.78 is 5.24. The van der Waals surface area contributed by atoms with E-state index in [1.54, 1.807) is 48.0 Å². The van der Waals surface area contributed by atoms with Crippen LogP contribution in [-0.2, 0) is 9.59 Å². The van der Waals surface area contributed by atoms with Crippen LogP contribution in [0.25, 0.3) is 0 Å². The normalized spacial score (nSPS) is 15.4. The molecule has 3 aromatic carbocycles. The summed E-state index contributed by atoms with van der Waals surface area (Å²) in [7, 11) is 1.62. The number of benzene rings is 3. The van der Waals surface area contributed by atoms with Crippen LogP contribution in [0.15, 0.2) is 77.7 Å². The summed E-state index contributed by atoms with van der Waals surface area (Å²) in [6.07, 6.45) is 0.270. The average molecular weight is 461 g/mol. The molecule has 0 spiro atoms. The maximum Gasteiger partial charge on any atom is 0.244 e. The maximum atomic E-state index is 13.3. The number of nitrogens with one attached hydrogen (secondary N) is 1. The van der Waals surface area contributed by atoms with Gasteiger partial charge in [-0.1, -0.05) is 24.3 Å². The van der Waals surface area contributed by atoms with Crippen LogP contribution < -0.4 is 15.0 Å². The molecule has 1 aliphatic rings. The van der Waals surface area contributed by atoms with Crippen LogP contribution >= 0.6 is 11.8 Å². The smallest absolute Gasteiger partial charge is 0.244 e. The van der Waals surface area contributed by atoms with Crippen molar-refractivity contribution < 1.29 is 19.1 Å². The predicted octanol–water partition coefficient (Wildman–Crippen LogP) is 5.11. The Kier molecular flexibility index (Phi) is 6.79. The monoisotopic (exact) mass is 460 g/mol. The molecule has 0 aliphatic carbocycles. The summed E-state index contributed by atoms with van der Waals surface area (Å²) in [6.45, 7) is 1.40. The molecule has 0 unspecified atom stereocenters. The molecular formula is C26H24N2O4S. The first-order valence-corrected chi connectivity index (χ1v) is 11.4. The van der Waals surface area contributed by atoms with Crippen molar-refractivity contribution in [3.05, 3.63) is 83.9 Å². The number of ketones is 1. The van der Waals surface area contributed by atoms with Gasteiger partial charge in [0.2, 0.25) is 11.8 Å². The van der Waals surface area contributed by atoms with Gasteiger partial charge in [-0.05, 0) is 61.0 Å². The van der Waals surface area contributed by atoms with Gasteiger partial charge >= 0.3 is 0 Å². The van der Waals surface area contributed by atoms with Gasteiger partial charge in [0.05, 0.1) is 12.8 Å². The van der Waals surface area contributed by atoms with Gasteiger partial charge in [-0.25, -0.2) is 0 Å². The first kappa shape index (κ1) is 22.6. The number of amides is 2. The van der Waals surface area contributed by atoms with Crippen LogP contribution in [0, 0.1) is 0 Å². The van der Waals surface area contributed by atoms with Crippen LogP contribution in [0.5, 0.6) is 5.75 Å². The number of rotatable bonds is 6. The Labute approximate surface area is 196 Å². The van der Waals surface area contributed by atoms with E-state index in [1.807, 2.05) is 48.5 Å². The van der Waals surface area contributed by atoms with E-state index in [0.717, 1.165) is 21.9 Å². The number of methoxy groups -OCH3 is 1. The second-order valence-electron chi connectivity index (χ2n) is 7.71. The molecule has 6 nitrogen and oxygen atoms in total. The number of nitrogens with zero attached hydrogens (tertiary/aromatic N) is 1. The van der Waals surface area contributed by atoms with E-state index in [2.05, 4.69) is 5.32 Å². The highest BCUT2D eigenvalue weighted by Crippen LogP contribution is 2.45. The molecule has 3 aromatic rings. The third kappa shape index (κ3) is 5.26. The summed E-state index contributed by atoms with van der Waals surface area (Å²) in [5, 5.41) is 2.75. The summed E-state index contributed by atoms with van der Waals surface area (Å²) in [6, 6.07) is 22.1. The fraction of sp³-hybridized carbons (Fsp3) is 0.192. The van der Waals surface area contributed by atoms with Gasteiger partial charge in [-0.3, -0.25) is 14.4 Å². The van der Waals surface area contributed by atoms with Crippen molar-refractivity contribution in [2.24, 2.45) is 0 Å². The van der Waals surface area contributed by atoms with Crippen molar-refractivity contribution in [3.63, 3.8) is 0 Å². The van der Waals surface area contributed by atoms with Crippen LogP contribution in [-0.4, -0.2) is 31.3 Å². The number of anilines is 2. The highest BCUT2D eigenvalue weighted by Gasteiger charge is 2.30. The number of fused-ring (bicyclic) bond motifs is 1. The number of thioether (sulfide) groups is 1. The summed E-state index contributed by atoms with van der Waals surface area (Å²) in [5.74, 6) is 0.305. The standard InChI is InChI=1S/C26H24N2O4S/c1-17(29)18-7-11-20(12-8-18)27-25(30)16-28-22-5-3-4-6-23(22)33-24(15-26(28)31)19-9-13-21(32-2)14-10-19/h3-14,24H,15-16H2,1-2H3,(H,27,30)/t24-/m1/s1.